The van der Waals surface area contributed by atoms with E-state index in [1.54, 1.807) is 0 Å². The summed E-state index contributed by atoms with van der Waals surface area (Å²) in [6.45, 7) is 6.70. The molecule has 1 unspecified atom stereocenters. The Bertz CT molecular complexity index is 644. The fourth-order valence-corrected chi connectivity index (χ4v) is 4.33. The maximum absolute atomic E-state index is 4.35. The molecular weight excluding hydrogens is 300 g/mol. The molecule has 4 bridgehead atoms. The molecule has 0 amide bonds. The highest BCUT2D eigenvalue weighted by molar-refractivity contribution is 5.75. The predicted molar refractivity (Wildman–Crippen MR) is 111 cm³/mol. The topological polar surface area (TPSA) is 0 Å². The average Bonchev–Trinajstić information content (AvgIpc) is 3.13. The van der Waals surface area contributed by atoms with Crippen LogP contribution >= 0.6 is 0 Å². The van der Waals surface area contributed by atoms with Crippen molar-refractivity contribution in [2.75, 3.05) is 0 Å². The molecule has 0 nitrogen and oxygen atoms in total. The van der Waals surface area contributed by atoms with E-state index in [4.69, 9.17) is 0 Å². The molecule has 0 N–H and O–H groups in total. The molecule has 134 valence electrons. The molecular formula is C25H34. The van der Waals surface area contributed by atoms with Crippen LogP contribution in [0.5, 0.6) is 0 Å². The summed E-state index contributed by atoms with van der Waals surface area (Å²) in [4.78, 5) is 0. The predicted octanol–water partition coefficient (Wildman–Crippen LogP) is 7.97. The van der Waals surface area contributed by atoms with Crippen LogP contribution in [0.4, 0.5) is 0 Å². The first-order chi connectivity index (χ1) is 12.3. The van der Waals surface area contributed by atoms with Crippen molar-refractivity contribution in [3.8, 4) is 0 Å². The molecule has 25 heavy (non-hydrogen) atoms. The summed E-state index contributed by atoms with van der Waals surface area (Å²) in [5.41, 5.74) is 7.15. The molecule has 0 radical (unpaired) electrons. The highest BCUT2D eigenvalue weighted by Crippen LogP contribution is 2.34. The summed E-state index contributed by atoms with van der Waals surface area (Å²) in [6, 6.07) is 9.34. The van der Waals surface area contributed by atoms with Crippen molar-refractivity contribution in [3.63, 3.8) is 0 Å². The van der Waals surface area contributed by atoms with E-state index in [-0.39, 0.29) is 0 Å². The van der Waals surface area contributed by atoms with Crippen molar-refractivity contribution in [2.45, 2.75) is 83.5 Å². The summed E-state index contributed by atoms with van der Waals surface area (Å²) in [5.74, 6) is 0.722. The summed E-state index contributed by atoms with van der Waals surface area (Å²) in [7, 11) is 0. The number of benzene rings is 1. The van der Waals surface area contributed by atoms with Crippen LogP contribution in [-0.2, 0) is 0 Å². The third-order valence-electron chi connectivity index (χ3n) is 6.03. The van der Waals surface area contributed by atoms with Gasteiger partial charge >= 0.3 is 0 Å². The van der Waals surface area contributed by atoms with Crippen LogP contribution in [0.15, 0.2) is 54.1 Å². The second kappa shape index (κ2) is 9.22. The van der Waals surface area contributed by atoms with Gasteiger partial charge in [-0.3, -0.25) is 0 Å². The van der Waals surface area contributed by atoms with Gasteiger partial charge in [-0.1, -0.05) is 88.4 Å². The summed E-state index contributed by atoms with van der Waals surface area (Å²) >= 11 is 0. The second-order valence-corrected chi connectivity index (χ2v) is 7.88. The van der Waals surface area contributed by atoms with Gasteiger partial charge in [-0.05, 0) is 65.9 Å². The van der Waals surface area contributed by atoms with Crippen molar-refractivity contribution >= 4 is 5.57 Å². The molecule has 0 fully saturated rings. The van der Waals surface area contributed by atoms with Crippen molar-refractivity contribution in [3.05, 3.63) is 65.3 Å². The van der Waals surface area contributed by atoms with E-state index in [9.17, 15) is 0 Å². The van der Waals surface area contributed by atoms with Gasteiger partial charge < -0.3 is 0 Å². The zero-order valence-electron chi connectivity index (χ0n) is 16.0. The van der Waals surface area contributed by atoms with Crippen LogP contribution in [0.25, 0.3) is 5.57 Å². The van der Waals surface area contributed by atoms with Crippen molar-refractivity contribution in [1.82, 2.24) is 0 Å². The Labute approximate surface area is 154 Å². The lowest BCUT2D eigenvalue weighted by molar-refractivity contribution is 0.523. The Morgan fingerprint density at radius 1 is 1.00 bits per heavy atom. The highest BCUT2D eigenvalue weighted by atomic mass is 14.2. The van der Waals surface area contributed by atoms with E-state index in [1.165, 1.54) is 85.6 Å². The van der Waals surface area contributed by atoms with Gasteiger partial charge in [-0.15, -0.1) is 0 Å². The van der Waals surface area contributed by atoms with Gasteiger partial charge in [-0.25, -0.2) is 0 Å². The van der Waals surface area contributed by atoms with Gasteiger partial charge in [0.15, 0.2) is 0 Å². The van der Waals surface area contributed by atoms with Gasteiger partial charge in [0.1, 0.15) is 0 Å². The highest BCUT2D eigenvalue weighted by Gasteiger charge is 2.14. The van der Waals surface area contributed by atoms with Crippen LogP contribution in [0.3, 0.4) is 0 Å². The molecule has 0 saturated heterocycles. The smallest absolute Gasteiger partial charge is 0.00822 e. The van der Waals surface area contributed by atoms with E-state index in [0.717, 1.165) is 18.8 Å². The average molecular weight is 335 g/mol. The van der Waals surface area contributed by atoms with E-state index in [0.29, 0.717) is 0 Å². The molecule has 3 rings (SSSR count). The van der Waals surface area contributed by atoms with Gasteiger partial charge in [-0.2, -0.15) is 0 Å². The Hall–Kier alpha value is -1.56. The largest absolute Gasteiger partial charge is 0.0952 e. The Morgan fingerprint density at radius 2 is 1.76 bits per heavy atom. The fourth-order valence-electron chi connectivity index (χ4n) is 4.33. The minimum Gasteiger partial charge on any atom is -0.0952 e. The van der Waals surface area contributed by atoms with Gasteiger partial charge in [0.05, 0.1) is 0 Å². The third kappa shape index (κ3) is 4.97. The number of fused-ring (bicyclic) bond motifs is 4. The number of hydrogen-bond acceptors (Lipinski definition) is 0. The zero-order valence-corrected chi connectivity index (χ0v) is 16.0. The number of rotatable bonds is 1. The van der Waals surface area contributed by atoms with E-state index >= 15 is 0 Å². The quantitative estimate of drug-likeness (QED) is 0.488. The third-order valence-corrected chi connectivity index (χ3v) is 6.03. The lowest BCUT2D eigenvalue weighted by Gasteiger charge is -2.17. The van der Waals surface area contributed by atoms with E-state index < -0.39 is 0 Å². The first kappa shape index (κ1) is 18.2. The lowest BCUT2D eigenvalue weighted by Crippen LogP contribution is -1.98. The first-order valence-electron chi connectivity index (χ1n) is 10.5. The molecule has 1 atom stereocenters. The normalized spacial score (nSPS) is 22.9. The van der Waals surface area contributed by atoms with Crippen LogP contribution in [-0.4, -0.2) is 0 Å². The molecule has 1 aromatic rings. The van der Waals surface area contributed by atoms with Crippen molar-refractivity contribution in [2.24, 2.45) is 0 Å². The second-order valence-electron chi connectivity index (χ2n) is 7.88. The van der Waals surface area contributed by atoms with Crippen molar-refractivity contribution in [1.29, 1.82) is 0 Å². The van der Waals surface area contributed by atoms with Gasteiger partial charge in [0.25, 0.3) is 0 Å². The molecule has 0 spiro atoms. The number of allylic oxidation sites excluding steroid dienone is 5. The van der Waals surface area contributed by atoms with Crippen LogP contribution < -0.4 is 0 Å². The molecule has 0 heterocycles. The minimum absolute atomic E-state index is 0.722. The number of hydrogen-bond donors (Lipinski definition) is 0. The first-order valence-corrected chi connectivity index (χ1v) is 10.5. The minimum atomic E-state index is 0.722. The SMILES string of the molecule is C=C1CCCCCCCCCC(CC)c2cccc(c2)C2=CC1=CC2. The Kier molecular flexibility index (Phi) is 6.73. The molecule has 1 aromatic carbocycles. The van der Waals surface area contributed by atoms with E-state index in [2.05, 4.69) is 49.9 Å². The lowest BCUT2D eigenvalue weighted by atomic mass is 9.88. The van der Waals surface area contributed by atoms with Crippen LogP contribution in [0, 0.1) is 0 Å². The zero-order chi connectivity index (χ0) is 17.5. The Morgan fingerprint density at radius 3 is 2.56 bits per heavy atom. The van der Waals surface area contributed by atoms with Gasteiger partial charge in [0, 0.05) is 0 Å². The van der Waals surface area contributed by atoms with Gasteiger partial charge in [0.2, 0.25) is 0 Å². The summed E-state index contributed by atoms with van der Waals surface area (Å²) < 4.78 is 0. The van der Waals surface area contributed by atoms with E-state index in [1.807, 2.05) is 0 Å². The molecule has 0 heteroatoms. The standard InChI is InChI=1S/C25H34/c1-3-21-13-10-8-6-4-5-7-9-12-20(2)22-16-17-25(18-22)24-15-11-14-23(21)19-24/h11,14-16,18-19,21H,2-10,12-13,17H2,1H3. The molecule has 0 aliphatic heterocycles. The summed E-state index contributed by atoms with van der Waals surface area (Å²) in [5, 5.41) is 0. The maximum Gasteiger partial charge on any atom is -0.00822 e. The molecule has 2 aliphatic rings. The molecule has 2 aliphatic carbocycles. The maximum atomic E-state index is 4.35. The molecule has 0 aromatic heterocycles. The molecule has 0 saturated carbocycles. The Balaban J connectivity index is 1.81. The fraction of sp³-hybridized carbons (Fsp3) is 0.520. The van der Waals surface area contributed by atoms with Crippen molar-refractivity contribution < 1.29 is 0 Å². The summed E-state index contributed by atoms with van der Waals surface area (Å²) in [6.07, 6.45) is 19.3. The van der Waals surface area contributed by atoms with Crippen LogP contribution in [0.2, 0.25) is 0 Å². The monoisotopic (exact) mass is 334 g/mol. The van der Waals surface area contributed by atoms with Crippen LogP contribution in [0.1, 0.15) is 94.6 Å².